The first-order valence-electron chi connectivity index (χ1n) is 8.46. The number of para-hydroxylation sites is 1. The third kappa shape index (κ3) is 3.27. The topological polar surface area (TPSA) is 93.0 Å². The molecule has 0 aliphatic heterocycles. The fourth-order valence-electron chi connectivity index (χ4n) is 3.00. The Morgan fingerprint density at radius 2 is 2.11 bits per heavy atom. The van der Waals surface area contributed by atoms with Gasteiger partial charge in [0.05, 0.1) is 7.11 Å². The molecule has 1 unspecified atom stereocenters. The van der Waals surface area contributed by atoms with Crippen LogP contribution in [0.25, 0.3) is 10.9 Å². The lowest BCUT2D eigenvalue weighted by Crippen LogP contribution is -2.21. The van der Waals surface area contributed by atoms with Gasteiger partial charge in [-0.15, -0.1) is 0 Å². The first-order chi connectivity index (χ1) is 13.2. The van der Waals surface area contributed by atoms with Gasteiger partial charge in [-0.3, -0.25) is 4.79 Å². The number of benzene rings is 1. The second-order valence-electron chi connectivity index (χ2n) is 6.14. The predicted octanol–water partition coefficient (Wildman–Crippen LogP) is 3.90. The predicted molar refractivity (Wildman–Crippen MR) is 101 cm³/mol. The fourth-order valence-corrected chi connectivity index (χ4v) is 3.00. The van der Waals surface area contributed by atoms with Crippen LogP contribution in [-0.4, -0.2) is 28.0 Å². The minimum absolute atomic E-state index is 0.114. The molecule has 3 aromatic heterocycles. The standard InChI is InChI=1S/C20H18N4O3/c1-12-9-17(24-27-12)19(23-13-7-8-21-18(10-13)26-2)20(25)15-11-22-16-6-4-3-5-14(15)16/h3-11,19,22H,1-2H3,(H,21,23). The molecular weight excluding hydrogens is 344 g/mol. The molecule has 1 atom stereocenters. The number of fused-ring (bicyclic) bond motifs is 1. The number of aromatic nitrogens is 3. The molecule has 0 bridgehead atoms. The lowest BCUT2D eigenvalue weighted by molar-refractivity contribution is 0.0968. The number of pyridine rings is 1. The van der Waals surface area contributed by atoms with Crippen LogP contribution in [0.3, 0.4) is 0 Å². The molecule has 2 N–H and O–H groups in total. The number of aromatic amines is 1. The van der Waals surface area contributed by atoms with Gasteiger partial charge in [0.25, 0.3) is 0 Å². The van der Waals surface area contributed by atoms with Crippen LogP contribution in [0.2, 0.25) is 0 Å². The van der Waals surface area contributed by atoms with Crippen molar-refractivity contribution >= 4 is 22.4 Å². The number of anilines is 1. The quantitative estimate of drug-likeness (QED) is 0.505. The molecule has 0 fully saturated rings. The van der Waals surface area contributed by atoms with Crippen molar-refractivity contribution in [3.8, 4) is 5.88 Å². The zero-order valence-electron chi connectivity index (χ0n) is 14.9. The molecule has 4 rings (SSSR count). The molecular formula is C20H18N4O3. The number of carbonyl (C=O) groups is 1. The van der Waals surface area contributed by atoms with E-state index in [0.29, 0.717) is 28.6 Å². The van der Waals surface area contributed by atoms with E-state index in [1.54, 1.807) is 44.6 Å². The first-order valence-corrected chi connectivity index (χ1v) is 8.46. The number of nitrogens with one attached hydrogen (secondary N) is 2. The summed E-state index contributed by atoms with van der Waals surface area (Å²) in [5, 5.41) is 8.14. The third-order valence-corrected chi connectivity index (χ3v) is 4.31. The Labute approximate surface area is 155 Å². The van der Waals surface area contributed by atoms with E-state index in [1.807, 2.05) is 24.3 Å². The third-order valence-electron chi connectivity index (χ3n) is 4.31. The van der Waals surface area contributed by atoms with Crippen molar-refractivity contribution in [2.24, 2.45) is 0 Å². The summed E-state index contributed by atoms with van der Waals surface area (Å²) < 4.78 is 10.4. The number of ketones is 1. The van der Waals surface area contributed by atoms with E-state index in [9.17, 15) is 4.79 Å². The van der Waals surface area contributed by atoms with Gasteiger partial charge in [-0.1, -0.05) is 23.4 Å². The van der Waals surface area contributed by atoms with Gasteiger partial charge in [0.2, 0.25) is 5.88 Å². The van der Waals surface area contributed by atoms with Crippen molar-refractivity contribution in [3.63, 3.8) is 0 Å². The smallest absolute Gasteiger partial charge is 0.214 e. The summed E-state index contributed by atoms with van der Waals surface area (Å²) in [4.78, 5) is 20.6. The molecule has 0 aliphatic carbocycles. The van der Waals surface area contributed by atoms with Gasteiger partial charge in [0, 0.05) is 46.7 Å². The Hall–Kier alpha value is -3.61. The molecule has 1 aromatic carbocycles. The zero-order valence-corrected chi connectivity index (χ0v) is 14.9. The van der Waals surface area contributed by atoms with Crippen LogP contribution in [0.1, 0.15) is 27.9 Å². The van der Waals surface area contributed by atoms with Crippen LogP contribution in [0.15, 0.2) is 59.4 Å². The Kier molecular flexibility index (Phi) is 4.33. The maximum absolute atomic E-state index is 13.4. The molecule has 0 saturated heterocycles. The van der Waals surface area contributed by atoms with Crippen molar-refractivity contribution < 1.29 is 14.1 Å². The van der Waals surface area contributed by atoms with Gasteiger partial charge in [-0.05, 0) is 19.1 Å². The Bertz CT molecular complexity index is 1100. The number of carbonyl (C=O) groups excluding carboxylic acids is 1. The van der Waals surface area contributed by atoms with Crippen molar-refractivity contribution in [2.45, 2.75) is 13.0 Å². The van der Waals surface area contributed by atoms with Crippen molar-refractivity contribution in [1.29, 1.82) is 0 Å². The maximum Gasteiger partial charge on any atom is 0.214 e. The zero-order chi connectivity index (χ0) is 18.8. The summed E-state index contributed by atoms with van der Waals surface area (Å²) >= 11 is 0. The molecule has 7 heteroatoms. The highest BCUT2D eigenvalue weighted by Gasteiger charge is 2.27. The van der Waals surface area contributed by atoms with E-state index in [2.05, 4.69) is 20.4 Å². The Morgan fingerprint density at radius 1 is 1.26 bits per heavy atom. The van der Waals surface area contributed by atoms with Gasteiger partial charge in [-0.25, -0.2) is 4.98 Å². The molecule has 7 nitrogen and oxygen atoms in total. The second kappa shape index (κ2) is 6.95. The number of rotatable bonds is 6. The minimum Gasteiger partial charge on any atom is -0.481 e. The average molecular weight is 362 g/mol. The molecule has 136 valence electrons. The van der Waals surface area contributed by atoms with Gasteiger partial charge in [0.15, 0.2) is 5.78 Å². The van der Waals surface area contributed by atoms with E-state index >= 15 is 0 Å². The molecule has 0 spiro atoms. The Balaban J connectivity index is 1.74. The number of hydrogen-bond acceptors (Lipinski definition) is 6. The molecule has 27 heavy (non-hydrogen) atoms. The molecule has 0 amide bonds. The highest BCUT2D eigenvalue weighted by atomic mass is 16.5. The molecule has 3 heterocycles. The number of hydrogen-bond donors (Lipinski definition) is 2. The summed E-state index contributed by atoms with van der Waals surface area (Å²) in [7, 11) is 1.54. The van der Waals surface area contributed by atoms with E-state index in [0.717, 1.165) is 10.9 Å². The van der Waals surface area contributed by atoms with Gasteiger partial charge in [-0.2, -0.15) is 0 Å². The summed E-state index contributed by atoms with van der Waals surface area (Å²) in [5.74, 6) is 0.974. The van der Waals surface area contributed by atoms with Crippen LogP contribution < -0.4 is 10.1 Å². The second-order valence-corrected chi connectivity index (χ2v) is 6.14. The van der Waals surface area contributed by atoms with Crippen LogP contribution in [0.5, 0.6) is 5.88 Å². The SMILES string of the molecule is COc1cc(NC(C(=O)c2c[nH]c3ccccc23)c2cc(C)on2)ccn1. The molecule has 0 aliphatic rings. The van der Waals surface area contributed by atoms with Crippen LogP contribution in [0.4, 0.5) is 5.69 Å². The lowest BCUT2D eigenvalue weighted by atomic mass is 10.0. The van der Waals surface area contributed by atoms with Crippen molar-refractivity contribution in [3.05, 3.63) is 71.9 Å². The number of H-pyrrole nitrogens is 1. The van der Waals surface area contributed by atoms with E-state index in [1.165, 1.54) is 0 Å². The molecule has 4 aromatic rings. The number of ether oxygens (including phenoxy) is 1. The normalized spacial score (nSPS) is 12.1. The Morgan fingerprint density at radius 3 is 2.89 bits per heavy atom. The highest BCUT2D eigenvalue weighted by Crippen LogP contribution is 2.28. The van der Waals surface area contributed by atoms with E-state index in [4.69, 9.17) is 9.26 Å². The number of nitrogens with zero attached hydrogens (tertiary/aromatic N) is 2. The first kappa shape index (κ1) is 16.8. The fraction of sp³-hybridized carbons (Fsp3) is 0.150. The average Bonchev–Trinajstić information content (AvgIpc) is 3.32. The lowest BCUT2D eigenvalue weighted by Gasteiger charge is -2.16. The van der Waals surface area contributed by atoms with Crippen LogP contribution in [-0.2, 0) is 0 Å². The van der Waals surface area contributed by atoms with Crippen LogP contribution >= 0.6 is 0 Å². The van der Waals surface area contributed by atoms with Gasteiger partial charge < -0.3 is 19.6 Å². The minimum atomic E-state index is -0.714. The number of aryl methyl sites for hydroxylation is 1. The summed E-state index contributed by atoms with van der Waals surface area (Å²) in [6, 6.07) is 12.2. The monoisotopic (exact) mass is 362 g/mol. The van der Waals surface area contributed by atoms with Gasteiger partial charge in [0.1, 0.15) is 17.5 Å². The number of methoxy groups -OCH3 is 1. The maximum atomic E-state index is 13.4. The highest BCUT2D eigenvalue weighted by molar-refractivity contribution is 6.11. The van der Waals surface area contributed by atoms with E-state index in [-0.39, 0.29) is 5.78 Å². The van der Waals surface area contributed by atoms with E-state index < -0.39 is 6.04 Å². The van der Waals surface area contributed by atoms with Crippen molar-refractivity contribution in [2.75, 3.05) is 12.4 Å². The van der Waals surface area contributed by atoms with Crippen molar-refractivity contribution in [1.82, 2.24) is 15.1 Å². The van der Waals surface area contributed by atoms with Gasteiger partial charge >= 0.3 is 0 Å². The summed E-state index contributed by atoms with van der Waals surface area (Å²) in [6.07, 6.45) is 3.34. The summed E-state index contributed by atoms with van der Waals surface area (Å²) in [5.41, 5.74) is 2.70. The largest absolute Gasteiger partial charge is 0.481 e. The molecule has 0 radical (unpaired) electrons. The number of Topliss-reactive ketones (excluding diaryl/α,β-unsaturated/α-hetero) is 1. The molecule has 0 saturated carbocycles. The summed E-state index contributed by atoms with van der Waals surface area (Å²) in [6.45, 7) is 1.79. The van der Waals surface area contributed by atoms with Crippen LogP contribution in [0, 0.1) is 6.92 Å².